The number of benzene rings is 1. The van der Waals surface area contributed by atoms with Gasteiger partial charge in [-0.1, -0.05) is 5.21 Å². The number of anilines is 1. The number of furan rings is 1. The zero-order chi connectivity index (χ0) is 23.2. The summed E-state index contributed by atoms with van der Waals surface area (Å²) in [7, 11) is -2.69. The molecule has 0 saturated heterocycles. The van der Waals surface area contributed by atoms with E-state index in [0.29, 0.717) is 22.5 Å². The van der Waals surface area contributed by atoms with Gasteiger partial charge in [0.2, 0.25) is 5.88 Å². The van der Waals surface area contributed by atoms with Gasteiger partial charge in [0, 0.05) is 11.8 Å². The SMILES string of the molecule is COc1n[nH]c2ncc(-c3cn(-c4c(F)ccc(NS(=O)(=O)c5ccoc5)c4F)nn3)cc12. The molecular weight excluding hydrogens is 460 g/mol. The second-order valence-electron chi connectivity index (χ2n) is 6.72. The summed E-state index contributed by atoms with van der Waals surface area (Å²) in [5.74, 6) is -1.83. The molecule has 0 bridgehead atoms. The molecule has 5 rings (SSSR count). The topological polar surface area (TPSA) is 141 Å². The van der Waals surface area contributed by atoms with Gasteiger partial charge in [-0.05, 0) is 24.3 Å². The summed E-state index contributed by atoms with van der Waals surface area (Å²) >= 11 is 0. The number of aromatic amines is 1. The van der Waals surface area contributed by atoms with Crippen LogP contribution in [0.4, 0.5) is 14.5 Å². The van der Waals surface area contributed by atoms with Crippen molar-refractivity contribution in [1.29, 1.82) is 0 Å². The molecule has 0 amide bonds. The Labute approximate surface area is 184 Å². The maximum absolute atomic E-state index is 15.1. The molecule has 0 fully saturated rings. The fraction of sp³-hybridized carbons (Fsp3) is 0.0526. The lowest BCUT2D eigenvalue weighted by molar-refractivity contribution is 0.401. The third-order valence-electron chi connectivity index (χ3n) is 4.71. The standard InChI is InChI=1S/C19H13F2N7O4S/c1-31-19-12-6-10(7-22-18(12)24-25-19)15-8-28(27-23-15)17-13(20)2-3-14(16(17)21)26-33(29,30)11-4-5-32-9-11/h2-9,26H,1H3,(H,22,24,25). The fourth-order valence-electron chi connectivity index (χ4n) is 3.12. The van der Waals surface area contributed by atoms with Crippen LogP contribution in [-0.2, 0) is 10.0 Å². The number of aromatic nitrogens is 6. The molecule has 0 aliphatic carbocycles. The van der Waals surface area contributed by atoms with Gasteiger partial charge in [0.15, 0.2) is 17.3 Å². The number of halogens is 2. The first-order chi connectivity index (χ1) is 15.9. The number of ether oxygens (including phenoxy) is 1. The Kier molecular flexibility index (Phi) is 4.78. The molecule has 1 aromatic carbocycles. The third-order valence-corrected chi connectivity index (χ3v) is 6.05. The summed E-state index contributed by atoms with van der Waals surface area (Å²) < 4.78 is 67.3. The van der Waals surface area contributed by atoms with Crippen LogP contribution in [0.3, 0.4) is 0 Å². The Bertz CT molecular complexity index is 1580. The lowest BCUT2D eigenvalue weighted by Crippen LogP contribution is -2.15. The Morgan fingerprint density at radius 3 is 2.85 bits per heavy atom. The van der Waals surface area contributed by atoms with Crippen LogP contribution in [0.1, 0.15) is 0 Å². The van der Waals surface area contributed by atoms with Crippen LogP contribution in [0.5, 0.6) is 5.88 Å². The predicted molar refractivity (Wildman–Crippen MR) is 110 cm³/mol. The fourth-order valence-corrected chi connectivity index (χ4v) is 4.10. The van der Waals surface area contributed by atoms with Gasteiger partial charge in [0.25, 0.3) is 10.0 Å². The summed E-state index contributed by atoms with van der Waals surface area (Å²) in [6.07, 6.45) is 4.90. The average molecular weight is 473 g/mol. The molecule has 0 unspecified atom stereocenters. The molecule has 11 nitrogen and oxygen atoms in total. The van der Waals surface area contributed by atoms with E-state index in [1.807, 2.05) is 0 Å². The molecule has 4 heterocycles. The van der Waals surface area contributed by atoms with E-state index in [1.165, 1.54) is 25.6 Å². The Morgan fingerprint density at radius 2 is 2.09 bits per heavy atom. The van der Waals surface area contributed by atoms with Crippen LogP contribution in [0.25, 0.3) is 28.0 Å². The number of hydrogen-bond acceptors (Lipinski definition) is 8. The molecule has 0 radical (unpaired) electrons. The highest BCUT2D eigenvalue weighted by molar-refractivity contribution is 7.92. The lowest BCUT2D eigenvalue weighted by atomic mass is 10.2. The minimum absolute atomic E-state index is 0.214. The Morgan fingerprint density at radius 1 is 1.24 bits per heavy atom. The second-order valence-corrected chi connectivity index (χ2v) is 8.41. The van der Waals surface area contributed by atoms with E-state index in [9.17, 15) is 12.8 Å². The molecule has 5 aromatic rings. The zero-order valence-electron chi connectivity index (χ0n) is 16.7. The van der Waals surface area contributed by atoms with Crippen LogP contribution in [0, 0.1) is 11.6 Å². The van der Waals surface area contributed by atoms with Gasteiger partial charge < -0.3 is 9.15 Å². The monoisotopic (exact) mass is 473 g/mol. The molecule has 0 saturated carbocycles. The van der Waals surface area contributed by atoms with Crippen molar-refractivity contribution in [1.82, 2.24) is 30.2 Å². The summed E-state index contributed by atoms with van der Waals surface area (Å²) in [5, 5.41) is 15.0. The van der Waals surface area contributed by atoms with Gasteiger partial charge in [-0.2, -0.15) is 0 Å². The van der Waals surface area contributed by atoms with E-state index >= 15 is 4.39 Å². The van der Waals surface area contributed by atoms with Gasteiger partial charge in [0.1, 0.15) is 22.5 Å². The van der Waals surface area contributed by atoms with Gasteiger partial charge in [0.05, 0.1) is 30.6 Å². The molecule has 33 heavy (non-hydrogen) atoms. The molecule has 4 aromatic heterocycles. The van der Waals surface area contributed by atoms with E-state index in [-0.39, 0.29) is 10.6 Å². The Hall–Kier alpha value is -4.33. The first kappa shape index (κ1) is 20.6. The lowest BCUT2D eigenvalue weighted by Gasteiger charge is -2.11. The number of pyridine rings is 1. The van der Waals surface area contributed by atoms with Crippen molar-refractivity contribution in [3.05, 3.63) is 60.8 Å². The number of nitrogens with one attached hydrogen (secondary N) is 2. The summed E-state index contributed by atoms with van der Waals surface area (Å²) in [6, 6.07) is 4.75. The third kappa shape index (κ3) is 3.55. The molecule has 168 valence electrons. The number of rotatable bonds is 6. The molecule has 14 heteroatoms. The predicted octanol–water partition coefficient (Wildman–Crippen LogP) is 2.89. The number of fused-ring (bicyclic) bond motifs is 1. The van der Waals surface area contributed by atoms with E-state index in [4.69, 9.17) is 9.15 Å². The van der Waals surface area contributed by atoms with Crippen molar-refractivity contribution in [2.75, 3.05) is 11.8 Å². The highest BCUT2D eigenvalue weighted by Gasteiger charge is 2.23. The summed E-state index contributed by atoms with van der Waals surface area (Å²) in [4.78, 5) is 4.00. The normalized spacial score (nSPS) is 11.7. The van der Waals surface area contributed by atoms with E-state index in [0.717, 1.165) is 29.3 Å². The van der Waals surface area contributed by atoms with Gasteiger partial charge >= 0.3 is 0 Å². The van der Waals surface area contributed by atoms with Crippen molar-refractivity contribution >= 4 is 26.7 Å². The van der Waals surface area contributed by atoms with Crippen molar-refractivity contribution in [2.45, 2.75) is 4.90 Å². The van der Waals surface area contributed by atoms with Crippen molar-refractivity contribution < 1.29 is 26.4 Å². The number of H-pyrrole nitrogens is 1. The molecule has 0 aliphatic rings. The maximum atomic E-state index is 15.1. The number of nitrogens with zero attached hydrogens (tertiary/aromatic N) is 5. The van der Waals surface area contributed by atoms with Crippen molar-refractivity contribution in [3.8, 4) is 22.8 Å². The smallest absolute Gasteiger partial charge is 0.265 e. The van der Waals surface area contributed by atoms with Gasteiger partial charge in [-0.25, -0.2) is 26.9 Å². The van der Waals surface area contributed by atoms with Crippen LogP contribution in [-0.4, -0.2) is 45.7 Å². The maximum Gasteiger partial charge on any atom is 0.265 e. The van der Waals surface area contributed by atoms with Crippen LogP contribution < -0.4 is 9.46 Å². The van der Waals surface area contributed by atoms with E-state index < -0.39 is 33.0 Å². The molecule has 0 spiro atoms. The molecular formula is C19H13F2N7O4S. The van der Waals surface area contributed by atoms with Crippen LogP contribution in [0.15, 0.2) is 58.5 Å². The highest BCUT2D eigenvalue weighted by Crippen LogP contribution is 2.29. The largest absolute Gasteiger partial charge is 0.479 e. The summed E-state index contributed by atoms with van der Waals surface area (Å²) in [5.41, 5.74) is 0.145. The van der Waals surface area contributed by atoms with Crippen molar-refractivity contribution in [2.24, 2.45) is 0 Å². The number of methoxy groups -OCH3 is 1. The van der Waals surface area contributed by atoms with E-state index in [2.05, 4.69) is 30.2 Å². The minimum Gasteiger partial charge on any atom is -0.479 e. The quantitative estimate of drug-likeness (QED) is 0.384. The molecule has 0 atom stereocenters. The van der Waals surface area contributed by atoms with Crippen LogP contribution >= 0.6 is 0 Å². The zero-order valence-corrected chi connectivity index (χ0v) is 17.5. The average Bonchev–Trinajstić information content (AvgIpc) is 3.56. The van der Waals surface area contributed by atoms with Crippen molar-refractivity contribution in [3.63, 3.8) is 0 Å². The van der Waals surface area contributed by atoms with E-state index in [1.54, 1.807) is 6.07 Å². The minimum atomic E-state index is -4.14. The highest BCUT2D eigenvalue weighted by atomic mass is 32.2. The summed E-state index contributed by atoms with van der Waals surface area (Å²) in [6.45, 7) is 0. The van der Waals surface area contributed by atoms with Gasteiger partial charge in [-0.15, -0.1) is 10.2 Å². The first-order valence-electron chi connectivity index (χ1n) is 9.21. The van der Waals surface area contributed by atoms with Crippen LogP contribution in [0.2, 0.25) is 0 Å². The number of hydrogen-bond donors (Lipinski definition) is 2. The van der Waals surface area contributed by atoms with Gasteiger partial charge in [-0.3, -0.25) is 9.82 Å². The first-order valence-corrected chi connectivity index (χ1v) is 10.7. The molecule has 2 N–H and O–H groups in total. The Balaban J connectivity index is 1.53. The number of sulfonamides is 1. The second kappa shape index (κ2) is 7.67. The molecule has 0 aliphatic heterocycles.